The van der Waals surface area contributed by atoms with Crippen LogP contribution >= 0.6 is 0 Å². The maximum absolute atomic E-state index is 12.5. The topological polar surface area (TPSA) is 89.8 Å². The number of rotatable bonds is 45. The smallest absolute Gasteiger partial charge is 0.220 e. The first-order valence-corrected chi connectivity index (χ1v) is 24.5. The summed E-state index contributed by atoms with van der Waals surface area (Å²) in [4.78, 5) is 12.5. The van der Waals surface area contributed by atoms with E-state index < -0.39 is 18.2 Å². The Labute approximate surface area is 338 Å². The molecule has 0 aliphatic carbocycles. The molecule has 3 unspecified atom stereocenters. The SMILES string of the molecule is CCCCCCCCCCC/C=C\CCCCCCCCCC(=O)NC(CO)C(O)C(O)CCCCCCCCCCCCCCCCCCCCCC. The zero-order chi connectivity index (χ0) is 39.4. The van der Waals surface area contributed by atoms with Crippen LogP contribution in [0.15, 0.2) is 12.2 Å². The molecule has 0 rings (SSSR count). The van der Waals surface area contributed by atoms with Crippen molar-refractivity contribution in [3.8, 4) is 0 Å². The van der Waals surface area contributed by atoms with Crippen LogP contribution in [0.5, 0.6) is 0 Å². The predicted molar refractivity (Wildman–Crippen MR) is 236 cm³/mol. The van der Waals surface area contributed by atoms with Crippen molar-refractivity contribution < 1.29 is 20.1 Å². The van der Waals surface area contributed by atoms with Gasteiger partial charge in [0.2, 0.25) is 5.91 Å². The van der Waals surface area contributed by atoms with Crippen LogP contribution in [0.3, 0.4) is 0 Å². The van der Waals surface area contributed by atoms with Crippen LogP contribution in [-0.4, -0.2) is 46.1 Å². The molecule has 0 heterocycles. The normalized spacial score (nSPS) is 13.5. The van der Waals surface area contributed by atoms with Gasteiger partial charge in [0.15, 0.2) is 0 Å². The van der Waals surface area contributed by atoms with Crippen LogP contribution in [0.4, 0.5) is 0 Å². The standard InChI is InChI=1S/C49H97NO4/c1-3-5-7-9-11-13-15-17-19-21-23-25-27-29-31-33-35-37-39-41-43-47(52)49(54)46(45-51)50-48(53)44-42-40-38-36-34-32-30-28-26-24-22-20-18-16-14-12-10-8-6-4-2/h24,26,46-47,49,51-52,54H,3-23,25,27-45H2,1-2H3,(H,50,53)/b26-24-. The molecule has 54 heavy (non-hydrogen) atoms. The third-order valence-corrected chi connectivity index (χ3v) is 11.6. The lowest BCUT2D eigenvalue weighted by atomic mass is 9.99. The van der Waals surface area contributed by atoms with E-state index in [9.17, 15) is 20.1 Å². The van der Waals surface area contributed by atoms with Gasteiger partial charge in [0.1, 0.15) is 6.10 Å². The van der Waals surface area contributed by atoms with Crippen LogP contribution in [-0.2, 0) is 4.79 Å². The highest BCUT2D eigenvalue weighted by molar-refractivity contribution is 5.76. The summed E-state index contributed by atoms with van der Waals surface area (Å²) >= 11 is 0. The van der Waals surface area contributed by atoms with Gasteiger partial charge in [-0.2, -0.15) is 0 Å². The van der Waals surface area contributed by atoms with Crippen LogP contribution in [0.25, 0.3) is 0 Å². The number of hydrogen-bond acceptors (Lipinski definition) is 4. The number of carbonyl (C=O) groups excluding carboxylic acids is 1. The summed E-state index contributed by atoms with van der Waals surface area (Å²) in [6.45, 7) is 4.20. The van der Waals surface area contributed by atoms with Crippen molar-refractivity contribution in [3.05, 3.63) is 12.2 Å². The van der Waals surface area contributed by atoms with Gasteiger partial charge in [-0.25, -0.2) is 0 Å². The molecular formula is C49H97NO4. The summed E-state index contributed by atoms with van der Waals surface area (Å²) in [7, 11) is 0. The van der Waals surface area contributed by atoms with E-state index in [1.54, 1.807) is 0 Å². The number of amides is 1. The molecule has 0 aromatic rings. The highest BCUT2D eigenvalue weighted by Crippen LogP contribution is 2.17. The minimum absolute atomic E-state index is 0.145. The molecule has 5 heteroatoms. The van der Waals surface area contributed by atoms with Gasteiger partial charge in [-0.15, -0.1) is 0 Å². The van der Waals surface area contributed by atoms with Crippen molar-refractivity contribution in [1.82, 2.24) is 5.32 Å². The van der Waals surface area contributed by atoms with Gasteiger partial charge < -0.3 is 20.6 Å². The van der Waals surface area contributed by atoms with Gasteiger partial charge in [-0.3, -0.25) is 4.79 Å². The number of carbonyl (C=O) groups is 1. The average Bonchev–Trinajstić information content (AvgIpc) is 3.18. The predicted octanol–water partition coefficient (Wildman–Crippen LogP) is 14.4. The first-order chi connectivity index (χ1) is 26.6. The van der Waals surface area contributed by atoms with Crippen molar-refractivity contribution in [2.24, 2.45) is 0 Å². The molecule has 0 aromatic carbocycles. The van der Waals surface area contributed by atoms with Crippen molar-refractivity contribution in [1.29, 1.82) is 0 Å². The van der Waals surface area contributed by atoms with E-state index in [0.717, 1.165) is 32.1 Å². The molecular weight excluding hydrogens is 667 g/mol. The van der Waals surface area contributed by atoms with Gasteiger partial charge in [0, 0.05) is 6.42 Å². The lowest BCUT2D eigenvalue weighted by Crippen LogP contribution is -2.50. The molecule has 1 amide bonds. The first kappa shape index (κ1) is 53.1. The highest BCUT2D eigenvalue weighted by Gasteiger charge is 2.26. The summed E-state index contributed by atoms with van der Waals surface area (Å²) in [5.41, 5.74) is 0. The van der Waals surface area contributed by atoms with Crippen LogP contribution in [0.2, 0.25) is 0 Å². The molecule has 0 radical (unpaired) electrons. The summed E-state index contributed by atoms with van der Waals surface area (Å²) in [6.07, 6.45) is 53.3. The first-order valence-electron chi connectivity index (χ1n) is 24.5. The lowest BCUT2D eigenvalue weighted by molar-refractivity contribution is -0.124. The Bertz CT molecular complexity index is 758. The third kappa shape index (κ3) is 39.3. The Morgan fingerprint density at radius 3 is 1.07 bits per heavy atom. The Morgan fingerprint density at radius 1 is 0.444 bits per heavy atom. The quantitative estimate of drug-likeness (QED) is 0.0367. The second kappa shape index (κ2) is 44.8. The van der Waals surface area contributed by atoms with Gasteiger partial charge >= 0.3 is 0 Å². The molecule has 0 aliphatic rings. The Hall–Kier alpha value is -0.910. The van der Waals surface area contributed by atoms with E-state index in [1.165, 1.54) is 212 Å². The number of aliphatic hydroxyl groups excluding tert-OH is 3. The molecule has 0 aliphatic heterocycles. The molecule has 0 saturated carbocycles. The zero-order valence-corrected chi connectivity index (χ0v) is 36.6. The number of hydrogen-bond donors (Lipinski definition) is 4. The fourth-order valence-electron chi connectivity index (χ4n) is 7.81. The molecule has 4 N–H and O–H groups in total. The fourth-order valence-corrected chi connectivity index (χ4v) is 7.81. The Balaban J connectivity index is 3.58. The number of nitrogens with one attached hydrogen (secondary N) is 1. The largest absolute Gasteiger partial charge is 0.394 e. The van der Waals surface area contributed by atoms with Crippen molar-refractivity contribution in [2.45, 2.75) is 289 Å². The molecule has 322 valence electrons. The Kier molecular flexibility index (Phi) is 44.0. The second-order valence-electron chi connectivity index (χ2n) is 17.0. The average molecular weight is 764 g/mol. The molecule has 0 fully saturated rings. The maximum Gasteiger partial charge on any atom is 0.220 e. The van der Waals surface area contributed by atoms with Gasteiger partial charge in [0.05, 0.1) is 18.8 Å². The molecule has 0 saturated heterocycles. The summed E-state index contributed by atoms with van der Waals surface area (Å²) in [5.74, 6) is -0.145. The molecule has 0 spiro atoms. The molecule has 3 atom stereocenters. The highest BCUT2D eigenvalue weighted by atomic mass is 16.3. The zero-order valence-electron chi connectivity index (χ0n) is 36.6. The van der Waals surface area contributed by atoms with E-state index in [0.29, 0.717) is 12.8 Å². The maximum atomic E-state index is 12.5. The molecule has 0 bridgehead atoms. The monoisotopic (exact) mass is 764 g/mol. The minimum Gasteiger partial charge on any atom is -0.394 e. The van der Waals surface area contributed by atoms with Crippen molar-refractivity contribution >= 4 is 5.91 Å². The van der Waals surface area contributed by atoms with E-state index in [4.69, 9.17) is 0 Å². The van der Waals surface area contributed by atoms with Crippen LogP contribution in [0.1, 0.15) is 271 Å². The van der Waals surface area contributed by atoms with E-state index in [2.05, 4.69) is 31.3 Å². The number of allylic oxidation sites excluding steroid dienone is 2. The van der Waals surface area contributed by atoms with Crippen LogP contribution < -0.4 is 5.32 Å². The number of unbranched alkanes of at least 4 members (excludes halogenated alkanes) is 35. The fraction of sp³-hybridized carbons (Fsp3) is 0.939. The minimum atomic E-state index is -1.14. The summed E-state index contributed by atoms with van der Waals surface area (Å²) in [5, 5.41) is 33.7. The lowest BCUT2D eigenvalue weighted by Gasteiger charge is -2.26. The van der Waals surface area contributed by atoms with E-state index in [-0.39, 0.29) is 12.5 Å². The summed E-state index contributed by atoms with van der Waals surface area (Å²) < 4.78 is 0. The Morgan fingerprint density at radius 2 is 0.741 bits per heavy atom. The van der Waals surface area contributed by atoms with Crippen LogP contribution in [0, 0.1) is 0 Å². The van der Waals surface area contributed by atoms with Crippen molar-refractivity contribution in [3.63, 3.8) is 0 Å². The summed E-state index contributed by atoms with van der Waals surface area (Å²) in [6, 6.07) is -0.809. The van der Waals surface area contributed by atoms with Crippen molar-refractivity contribution in [2.75, 3.05) is 6.61 Å². The third-order valence-electron chi connectivity index (χ3n) is 11.6. The van der Waals surface area contributed by atoms with Gasteiger partial charge in [-0.05, 0) is 38.5 Å². The number of aliphatic hydroxyl groups is 3. The molecule has 0 aromatic heterocycles. The van der Waals surface area contributed by atoms with E-state index >= 15 is 0 Å². The van der Waals surface area contributed by atoms with Gasteiger partial charge in [-0.1, -0.05) is 238 Å². The second-order valence-corrected chi connectivity index (χ2v) is 17.0. The van der Waals surface area contributed by atoms with E-state index in [1.807, 2.05) is 0 Å². The van der Waals surface area contributed by atoms with Gasteiger partial charge in [0.25, 0.3) is 0 Å². The molecule has 5 nitrogen and oxygen atoms in total.